The van der Waals surface area contributed by atoms with Gasteiger partial charge in [0.25, 0.3) is 9.05 Å². The van der Waals surface area contributed by atoms with Gasteiger partial charge in [-0.15, -0.1) is 0 Å². The van der Waals surface area contributed by atoms with Gasteiger partial charge in [0.15, 0.2) is 0 Å². The molecule has 0 atom stereocenters. The van der Waals surface area contributed by atoms with Gasteiger partial charge in [-0.3, -0.25) is 0 Å². The molecule has 90 valence electrons. The van der Waals surface area contributed by atoms with Crippen molar-refractivity contribution in [2.75, 3.05) is 6.61 Å². The van der Waals surface area contributed by atoms with E-state index in [1.54, 1.807) is 18.2 Å². The van der Waals surface area contributed by atoms with Crippen LogP contribution < -0.4 is 0 Å². The first-order valence-electron chi connectivity index (χ1n) is 5.10. The van der Waals surface area contributed by atoms with E-state index in [-0.39, 0.29) is 11.5 Å². The van der Waals surface area contributed by atoms with Gasteiger partial charge in [-0.2, -0.15) is 0 Å². The van der Waals surface area contributed by atoms with Crippen LogP contribution in [-0.2, 0) is 15.5 Å². The van der Waals surface area contributed by atoms with E-state index in [4.69, 9.17) is 15.8 Å². The van der Waals surface area contributed by atoms with Crippen molar-refractivity contribution in [1.82, 2.24) is 0 Å². The van der Waals surface area contributed by atoms with Crippen molar-refractivity contribution >= 4 is 30.5 Å². The van der Waals surface area contributed by atoms with E-state index in [0.717, 1.165) is 10.9 Å². The first-order valence-corrected chi connectivity index (χ1v) is 7.41. The van der Waals surface area contributed by atoms with E-state index < -0.39 is 9.05 Å². The van der Waals surface area contributed by atoms with E-state index >= 15 is 0 Å². The summed E-state index contributed by atoms with van der Waals surface area (Å²) in [6.45, 7) is 0.0248. The summed E-state index contributed by atoms with van der Waals surface area (Å²) in [7, 11) is 1.64. The van der Waals surface area contributed by atoms with Gasteiger partial charge in [-0.25, -0.2) is 8.42 Å². The molecule has 0 aliphatic heterocycles. The molecule has 0 bridgehead atoms. The summed E-state index contributed by atoms with van der Waals surface area (Å²) in [5, 5.41) is 10.4. The summed E-state index contributed by atoms with van der Waals surface area (Å²) in [6, 6.07) is 10.3. The Labute approximate surface area is 104 Å². The molecule has 3 nitrogen and oxygen atoms in total. The first-order chi connectivity index (χ1) is 8.04. The van der Waals surface area contributed by atoms with Gasteiger partial charge < -0.3 is 5.11 Å². The summed E-state index contributed by atoms with van der Waals surface area (Å²) >= 11 is 0. The maximum absolute atomic E-state index is 11.4. The topological polar surface area (TPSA) is 54.4 Å². The lowest BCUT2D eigenvalue weighted by Gasteiger charge is -2.08. The van der Waals surface area contributed by atoms with Crippen LogP contribution in [0.25, 0.3) is 10.8 Å². The van der Waals surface area contributed by atoms with Crippen LogP contribution in [0.1, 0.15) is 5.56 Å². The summed E-state index contributed by atoms with van der Waals surface area (Å²) in [6.07, 6.45) is 0.489. The van der Waals surface area contributed by atoms with E-state index in [2.05, 4.69) is 0 Å². The van der Waals surface area contributed by atoms with Crippen LogP contribution >= 0.6 is 10.7 Å². The Kier molecular flexibility index (Phi) is 3.38. The van der Waals surface area contributed by atoms with Crippen LogP contribution in [0, 0.1) is 0 Å². The van der Waals surface area contributed by atoms with E-state index in [1.807, 2.05) is 12.1 Å². The van der Waals surface area contributed by atoms with Crippen LogP contribution in [0.2, 0.25) is 0 Å². The zero-order valence-corrected chi connectivity index (χ0v) is 10.5. The second kappa shape index (κ2) is 4.64. The number of fused-ring (bicyclic) bond motifs is 1. The molecule has 0 aliphatic carbocycles. The Balaban J connectivity index is 2.80. The van der Waals surface area contributed by atoms with Crippen molar-refractivity contribution in [1.29, 1.82) is 0 Å². The minimum absolute atomic E-state index is 0.0248. The summed E-state index contributed by atoms with van der Waals surface area (Å²) in [5.41, 5.74) is 0.909. The maximum atomic E-state index is 11.4. The molecule has 0 fully saturated rings. The number of aliphatic hydroxyl groups is 1. The van der Waals surface area contributed by atoms with E-state index in [0.29, 0.717) is 11.8 Å². The summed E-state index contributed by atoms with van der Waals surface area (Å²) in [5.74, 6) is 0. The Morgan fingerprint density at radius 1 is 1.06 bits per heavy atom. The van der Waals surface area contributed by atoms with Crippen LogP contribution in [0.5, 0.6) is 0 Å². The Bertz CT molecular complexity index is 650. The Morgan fingerprint density at radius 2 is 1.71 bits per heavy atom. The zero-order valence-electron chi connectivity index (χ0n) is 8.93. The number of halogens is 1. The average molecular weight is 271 g/mol. The molecule has 0 aromatic heterocycles. The van der Waals surface area contributed by atoms with Crippen LogP contribution in [0.15, 0.2) is 41.3 Å². The molecule has 2 aromatic rings. The molecule has 2 rings (SSSR count). The normalized spacial score (nSPS) is 11.9. The standard InChI is InChI=1S/C12H11ClO3S/c13-17(15,16)12-6-5-9(7-8-14)10-3-1-2-4-11(10)12/h1-6,14H,7-8H2. The van der Waals surface area contributed by atoms with Gasteiger partial charge in [0, 0.05) is 22.7 Å². The van der Waals surface area contributed by atoms with Crippen LogP contribution in [0.4, 0.5) is 0 Å². The molecule has 17 heavy (non-hydrogen) atoms. The molecule has 0 spiro atoms. The monoisotopic (exact) mass is 270 g/mol. The second-order valence-corrected chi connectivity index (χ2v) is 6.21. The third kappa shape index (κ3) is 2.44. The second-order valence-electron chi connectivity index (χ2n) is 3.68. The predicted molar refractivity (Wildman–Crippen MR) is 67.8 cm³/mol. The molecular weight excluding hydrogens is 260 g/mol. The van der Waals surface area contributed by atoms with Crippen molar-refractivity contribution in [3.05, 3.63) is 42.0 Å². The number of aliphatic hydroxyl groups excluding tert-OH is 1. The Hall–Kier alpha value is -1.10. The van der Waals surface area contributed by atoms with Crippen molar-refractivity contribution in [3.63, 3.8) is 0 Å². The Morgan fingerprint density at radius 3 is 2.29 bits per heavy atom. The number of hydrogen-bond donors (Lipinski definition) is 1. The fraction of sp³-hybridized carbons (Fsp3) is 0.167. The fourth-order valence-electron chi connectivity index (χ4n) is 1.88. The number of hydrogen-bond acceptors (Lipinski definition) is 3. The molecule has 0 amide bonds. The molecule has 2 aromatic carbocycles. The van der Waals surface area contributed by atoms with Crippen LogP contribution in [0.3, 0.4) is 0 Å². The smallest absolute Gasteiger partial charge is 0.261 e. The number of benzene rings is 2. The van der Waals surface area contributed by atoms with Gasteiger partial charge in [0.05, 0.1) is 4.90 Å². The SMILES string of the molecule is O=S(=O)(Cl)c1ccc(CCO)c2ccccc12. The molecular formula is C12H11ClO3S. The third-order valence-corrected chi connectivity index (χ3v) is 4.00. The van der Waals surface area contributed by atoms with Gasteiger partial charge in [0.1, 0.15) is 0 Å². The van der Waals surface area contributed by atoms with Gasteiger partial charge in [-0.05, 0) is 23.4 Å². The average Bonchev–Trinajstić information content (AvgIpc) is 2.28. The quantitative estimate of drug-likeness (QED) is 0.871. The van der Waals surface area contributed by atoms with Gasteiger partial charge in [-0.1, -0.05) is 30.3 Å². The highest BCUT2D eigenvalue weighted by Crippen LogP contribution is 2.28. The summed E-state index contributed by atoms with van der Waals surface area (Å²) in [4.78, 5) is 0.108. The highest BCUT2D eigenvalue weighted by atomic mass is 35.7. The first kappa shape index (κ1) is 12.4. The predicted octanol–water partition coefficient (Wildman–Crippen LogP) is 2.30. The van der Waals surface area contributed by atoms with Crippen LogP contribution in [-0.4, -0.2) is 20.1 Å². The summed E-state index contributed by atoms with van der Waals surface area (Å²) < 4.78 is 22.9. The molecule has 0 aliphatic rings. The third-order valence-electron chi connectivity index (χ3n) is 2.62. The molecule has 0 heterocycles. The number of rotatable bonds is 3. The lowest BCUT2D eigenvalue weighted by atomic mass is 10.0. The molecule has 0 unspecified atom stereocenters. The highest BCUT2D eigenvalue weighted by Gasteiger charge is 2.15. The van der Waals surface area contributed by atoms with E-state index in [1.165, 1.54) is 6.07 Å². The highest BCUT2D eigenvalue weighted by molar-refractivity contribution is 8.14. The van der Waals surface area contributed by atoms with Crippen molar-refractivity contribution < 1.29 is 13.5 Å². The minimum atomic E-state index is -3.75. The van der Waals surface area contributed by atoms with Crippen molar-refractivity contribution in [2.45, 2.75) is 11.3 Å². The van der Waals surface area contributed by atoms with E-state index in [9.17, 15) is 8.42 Å². The molecule has 0 saturated carbocycles. The van der Waals surface area contributed by atoms with Crippen molar-refractivity contribution in [3.8, 4) is 0 Å². The molecule has 0 radical (unpaired) electrons. The minimum Gasteiger partial charge on any atom is -0.396 e. The maximum Gasteiger partial charge on any atom is 0.261 e. The van der Waals surface area contributed by atoms with Crippen molar-refractivity contribution in [2.24, 2.45) is 0 Å². The lowest BCUT2D eigenvalue weighted by Crippen LogP contribution is -1.97. The largest absolute Gasteiger partial charge is 0.396 e. The fourth-order valence-corrected chi connectivity index (χ4v) is 2.96. The van der Waals surface area contributed by atoms with Gasteiger partial charge in [0.2, 0.25) is 0 Å². The molecule has 0 saturated heterocycles. The molecule has 1 N–H and O–H groups in total. The zero-order chi connectivity index (χ0) is 12.5. The molecule has 5 heteroatoms. The lowest BCUT2D eigenvalue weighted by molar-refractivity contribution is 0.300. The van der Waals surface area contributed by atoms with Gasteiger partial charge >= 0.3 is 0 Å².